The van der Waals surface area contributed by atoms with E-state index in [1.54, 1.807) is 0 Å². The fraction of sp³-hybridized carbons (Fsp3) is 0.130. The molecule has 29 heavy (non-hydrogen) atoms. The summed E-state index contributed by atoms with van der Waals surface area (Å²) in [5, 5.41) is 11.6. The van der Waals surface area contributed by atoms with E-state index in [2.05, 4.69) is 5.32 Å². The molecule has 6 heteroatoms. The van der Waals surface area contributed by atoms with Crippen LogP contribution in [-0.2, 0) is 4.74 Å². The Morgan fingerprint density at radius 3 is 2.21 bits per heavy atom. The summed E-state index contributed by atoms with van der Waals surface area (Å²) < 4.78 is 19.3. The van der Waals surface area contributed by atoms with Crippen LogP contribution in [0.4, 0.5) is 14.9 Å². The Hall–Kier alpha value is -3.67. The van der Waals surface area contributed by atoms with Gasteiger partial charge in [0.15, 0.2) is 0 Å². The van der Waals surface area contributed by atoms with Crippen LogP contribution in [0.15, 0.2) is 60.7 Å². The van der Waals surface area contributed by atoms with Crippen molar-refractivity contribution in [1.29, 1.82) is 0 Å². The Morgan fingerprint density at radius 2 is 1.62 bits per heavy atom. The number of anilines is 1. The van der Waals surface area contributed by atoms with Gasteiger partial charge in [-0.05, 0) is 46.9 Å². The number of rotatable bonds is 4. The lowest BCUT2D eigenvalue weighted by Crippen LogP contribution is -2.18. The lowest BCUT2D eigenvalue weighted by Gasteiger charge is -2.15. The van der Waals surface area contributed by atoms with Crippen LogP contribution >= 0.6 is 0 Å². The molecule has 1 aliphatic carbocycles. The van der Waals surface area contributed by atoms with Crippen LogP contribution in [0, 0.1) is 12.7 Å². The minimum atomic E-state index is -1.40. The molecule has 146 valence electrons. The summed E-state index contributed by atoms with van der Waals surface area (Å²) in [7, 11) is 0. The van der Waals surface area contributed by atoms with E-state index >= 15 is 0 Å². The van der Waals surface area contributed by atoms with Crippen LogP contribution in [-0.4, -0.2) is 23.8 Å². The van der Waals surface area contributed by atoms with Crippen LogP contribution in [0.5, 0.6) is 0 Å². The fourth-order valence-electron chi connectivity index (χ4n) is 3.75. The van der Waals surface area contributed by atoms with E-state index in [0.717, 1.165) is 28.3 Å². The van der Waals surface area contributed by atoms with Gasteiger partial charge in [0.05, 0.1) is 5.56 Å². The summed E-state index contributed by atoms with van der Waals surface area (Å²) in [5.74, 6) is -2.31. The number of nitrogens with one attached hydrogen (secondary N) is 1. The molecule has 3 aromatic carbocycles. The molecule has 0 aromatic heterocycles. The molecule has 0 saturated heterocycles. The number of fused-ring (bicyclic) bond motifs is 3. The molecule has 4 rings (SSSR count). The third kappa shape index (κ3) is 3.45. The monoisotopic (exact) mass is 391 g/mol. The van der Waals surface area contributed by atoms with Crippen molar-refractivity contribution in [2.75, 3.05) is 11.9 Å². The molecule has 0 bridgehead atoms. The van der Waals surface area contributed by atoms with Crippen molar-refractivity contribution in [1.82, 2.24) is 0 Å². The molecular weight excluding hydrogens is 373 g/mol. The largest absolute Gasteiger partial charge is 0.478 e. The predicted octanol–water partition coefficient (Wildman–Crippen LogP) is 5.19. The summed E-state index contributed by atoms with van der Waals surface area (Å²) in [5.41, 5.74) is 4.21. The molecule has 0 spiro atoms. The smallest absolute Gasteiger partial charge is 0.411 e. The van der Waals surface area contributed by atoms with Crippen LogP contribution in [0.25, 0.3) is 11.1 Å². The molecule has 1 aliphatic rings. The maximum absolute atomic E-state index is 13.9. The molecule has 0 saturated carbocycles. The summed E-state index contributed by atoms with van der Waals surface area (Å²) in [6.45, 7) is 1.57. The van der Waals surface area contributed by atoms with Crippen molar-refractivity contribution in [3.05, 3.63) is 88.7 Å². The van der Waals surface area contributed by atoms with Gasteiger partial charge in [0.25, 0.3) is 0 Å². The minimum Gasteiger partial charge on any atom is -0.478 e. The second kappa shape index (κ2) is 7.39. The van der Waals surface area contributed by atoms with E-state index < -0.39 is 23.4 Å². The normalized spacial score (nSPS) is 12.2. The number of hydrogen-bond acceptors (Lipinski definition) is 3. The Morgan fingerprint density at radius 1 is 1.03 bits per heavy atom. The third-order valence-electron chi connectivity index (χ3n) is 5.08. The van der Waals surface area contributed by atoms with Gasteiger partial charge in [-0.1, -0.05) is 48.5 Å². The number of carboxylic acids is 1. The highest BCUT2D eigenvalue weighted by atomic mass is 19.1. The van der Waals surface area contributed by atoms with Gasteiger partial charge in [-0.25, -0.2) is 14.0 Å². The Labute approximate surface area is 166 Å². The number of carbonyl (C=O) groups excluding carboxylic acids is 1. The predicted molar refractivity (Wildman–Crippen MR) is 107 cm³/mol. The average molecular weight is 391 g/mol. The first-order valence-corrected chi connectivity index (χ1v) is 9.11. The number of amides is 1. The number of carbonyl (C=O) groups is 2. The van der Waals surface area contributed by atoms with E-state index in [-0.39, 0.29) is 23.8 Å². The molecule has 0 fully saturated rings. The number of benzene rings is 3. The summed E-state index contributed by atoms with van der Waals surface area (Å²) in [4.78, 5) is 23.5. The minimum absolute atomic E-state index is 0.0855. The number of hydrogen-bond donors (Lipinski definition) is 2. The number of carboxylic acid groups (broad SMARTS) is 1. The standard InChI is InChI=1S/C23H18FNO4/c1-13-10-14(11-19(21(13)24)22(26)27)25-23(28)29-12-20-17-8-4-2-6-15(17)16-7-3-5-9-18(16)20/h2-11,20H,12H2,1H3,(H,25,28)(H,26,27). The van der Waals surface area contributed by atoms with Gasteiger partial charge in [0, 0.05) is 11.6 Å². The van der Waals surface area contributed by atoms with Gasteiger partial charge >= 0.3 is 12.1 Å². The number of ether oxygens (including phenoxy) is 1. The zero-order valence-electron chi connectivity index (χ0n) is 15.6. The highest BCUT2D eigenvalue weighted by Gasteiger charge is 2.29. The Balaban J connectivity index is 1.51. The first kappa shape index (κ1) is 18.7. The van der Waals surface area contributed by atoms with Crippen molar-refractivity contribution >= 4 is 17.7 Å². The van der Waals surface area contributed by atoms with Crippen LogP contribution < -0.4 is 5.32 Å². The van der Waals surface area contributed by atoms with Gasteiger partial charge in [0.2, 0.25) is 0 Å². The second-order valence-corrected chi connectivity index (χ2v) is 6.91. The van der Waals surface area contributed by atoms with E-state index in [0.29, 0.717) is 0 Å². The van der Waals surface area contributed by atoms with Crippen molar-refractivity contribution in [3.8, 4) is 11.1 Å². The van der Waals surface area contributed by atoms with E-state index in [1.165, 1.54) is 13.0 Å². The Bertz CT molecular complexity index is 1080. The maximum Gasteiger partial charge on any atom is 0.411 e. The molecule has 0 atom stereocenters. The van der Waals surface area contributed by atoms with Crippen molar-refractivity contribution in [2.24, 2.45) is 0 Å². The van der Waals surface area contributed by atoms with Crippen LogP contribution in [0.1, 0.15) is 33.0 Å². The number of halogens is 1. The zero-order valence-corrected chi connectivity index (χ0v) is 15.6. The van der Waals surface area contributed by atoms with E-state index in [1.807, 2.05) is 48.5 Å². The lowest BCUT2D eigenvalue weighted by molar-refractivity contribution is 0.0691. The van der Waals surface area contributed by atoms with Crippen LogP contribution in [0.3, 0.4) is 0 Å². The maximum atomic E-state index is 13.9. The van der Waals surface area contributed by atoms with Gasteiger partial charge in [-0.2, -0.15) is 0 Å². The van der Waals surface area contributed by atoms with Crippen molar-refractivity contribution in [2.45, 2.75) is 12.8 Å². The summed E-state index contributed by atoms with van der Waals surface area (Å²) >= 11 is 0. The number of aromatic carboxylic acids is 1. The van der Waals surface area contributed by atoms with Gasteiger partial charge in [0.1, 0.15) is 12.4 Å². The van der Waals surface area contributed by atoms with Crippen LogP contribution in [0.2, 0.25) is 0 Å². The molecule has 0 aliphatic heterocycles. The van der Waals surface area contributed by atoms with Gasteiger partial charge in [-0.3, -0.25) is 5.32 Å². The Kier molecular flexibility index (Phi) is 4.76. The first-order valence-electron chi connectivity index (χ1n) is 9.11. The lowest BCUT2D eigenvalue weighted by atomic mass is 9.98. The molecular formula is C23H18FNO4. The first-order chi connectivity index (χ1) is 14.0. The summed E-state index contributed by atoms with van der Waals surface area (Å²) in [6, 6.07) is 18.4. The SMILES string of the molecule is Cc1cc(NC(=O)OCC2c3ccccc3-c3ccccc32)cc(C(=O)O)c1F. The third-order valence-corrected chi connectivity index (χ3v) is 5.08. The van der Waals surface area contributed by atoms with Crippen molar-refractivity contribution < 1.29 is 23.8 Å². The molecule has 0 unspecified atom stereocenters. The molecule has 3 aromatic rings. The zero-order chi connectivity index (χ0) is 20.5. The molecule has 5 nitrogen and oxygen atoms in total. The fourth-order valence-corrected chi connectivity index (χ4v) is 3.75. The average Bonchev–Trinajstić information content (AvgIpc) is 3.03. The van der Waals surface area contributed by atoms with Gasteiger partial charge in [-0.15, -0.1) is 0 Å². The molecule has 1 amide bonds. The molecule has 0 heterocycles. The highest BCUT2D eigenvalue weighted by Crippen LogP contribution is 2.44. The highest BCUT2D eigenvalue weighted by molar-refractivity contribution is 5.92. The number of aryl methyl sites for hydroxylation is 1. The van der Waals surface area contributed by atoms with Gasteiger partial charge < -0.3 is 9.84 Å². The van der Waals surface area contributed by atoms with Crippen molar-refractivity contribution in [3.63, 3.8) is 0 Å². The second-order valence-electron chi connectivity index (χ2n) is 6.91. The summed E-state index contributed by atoms with van der Waals surface area (Å²) in [6.07, 6.45) is -0.728. The topological polar surface area (TPSA) is 75.6 Å². The van der Waals surface area contributed by atoms with E-state index in [9.17, 15) is 14.0 Å². The van der Waals surface area contributed by atoms with E-state index in [4.69, 9.17) is 9.84 Å². The molecule has 0 radical (unpaired) electrons. The molecule has 2 N–H and O–H groups in total. The quantitative estimate of drug-likeness (QED) is 0.641.